The molecule has 1 aliphatic heterocycles. The zero-order valence-corrected chi connectivity index (χ0v) is 25.1. The molecule has 0 aromatic heterocycles. The third-order valence-electron chi connectivity index (χ3n) is 7.52. The van der Waals surface area contributed by atoms with Crippen LogP contribution in [0.25, 0.3) is 0 Å². The molecule has 4 aromatic carbocycles. The number of anilines is 1. The molecule has 4 aromatic rings. The number of allylic oxidation sites excluding steroid dienone is 2. The summed E-state index contributed by atoms with van der Waals surface area (Å²) in [6, 6.07) is 29.3. The summed E-state index contributed by atoms with van der Waals surface area (Å²) < 4.78 is 13.1. The number of rotatable bonds is 8. The van der Waals surface area contributed by atoms with E-state index in [1.54, 1.807) is 0 Å². The lowest BCUT2D eigenvalue weighted by molar-refractivity contribution is 0.267. The Kier molecular flexibility index (Phi) is 8.12. The average molecular weight is 661 g/mol. The molecule has 0 spiro atoms. The highest BCUT2D eigenvalue weighted by Crippen LogP contribution is 2.49. The van der Waals surface area contributed by atoms with E-state index in [2.05, 4.69) is 94.7 Å². The SMILES string of the molecule is CCOc1cc(C=Nc2ccc([C@@H]3Nc4ccccc4[C@H]4C=CC[C@@H]43)cc2)cc(I)c1OCc1ccc(Cl)cc1. The van der Waals surface area contributed by atoms with Crippen molar-refractivity contribution in [3.05, 3.63) is 128 Å². The van der Waals surface area contributed by atoms with Crippen LogP contribution in [-0.2, 0) is 6.61 Å². The van der Waals surface area contributed by atoms with E-state index in [0.717, 1.165) is 32.6 Å². The zero-order chi connectivity index (χ0) is 27.5. The van der Waals surface area contributed by atoms with E-state index in [-0.39, 0.29) is 6.04 Å². The fraction of sp³-hybridized carbons (Fsp3) is 0.206. The molecule has 0 saturated heterocycles. The van der Waals surface area contributed by atoms with Crippen LogP contribution < -0.4 is 14.8 Å². The predicted molar refractivity (Wildman–Crippen MR) is 173 cm³/mol. The highest BCUT2D eigenvalue weighted by Gasteiger charge is 2.37. The number of benzene rings is 4. The van der Waals surface area contributed by atoms with Gasteiger partial charge in [-0.1, -0.05) is 66.2 Å². The van der Waals surface area contributed by atoms with Crippen LogP contribution in [0.3, 0.4) is 0 Å². The van der Waals surface area contributed by atoms with Gasteiger partial charge >= 0.3 is 0 Å². The summed E-state index contributed by atoms with van der Waals surface area (Å²) in [6.45, 7) is 2.96. The van der Waals surface area contributed by atoms with Crippen LogP contribution in [-0.4, -0.2) is 12.8 Å². The second-order valence-corrected chi connectivity index (χ2v) is 11.7. The summed E-state index contributed by atoms with van der Waals surface area (Å²) in [4.78, 5) is 4.77. The number of halogens is 2. The van der Waals surface area contributed by atoms with E-state index in [0.29, 0.717) is 35.8 Å². The van der Waals surface area contributed by atoms with E-state index < -0.39 is 0 Å². The standard InChI is InChI=1S/C34H30ClIN2O2/c1-2-39-32-19-23(18-30(36)34(32)40-21-22-10-14-25(35)15-11-22)20-37-26-16-12-24(13-17-26)33-29-8-5-7-27(29)28-6-3-4-9-31(28)38-33/h3-7,9-20,27,29,33,38H,2,8,21H2,1H3/t27-,29+,33+/m1/s1. The fourth-order valence-corrected chi connectivity index (χ4v) is 6.50. The first-order chi connectivity index (χ1) is 19.6. The van der Waals surface area contributed by atoms with Gasteiger partial charge in [-0.25, -0.2) is 0 Å². The molecule has 0 radical (unpaired) electrons. The fourth-order valence-electron chi connectivity index (χ4n) is 5.59. The van der Waals surface area contributed by atoms with E-state index in [4.69, 9.17) is 26.1 Å². The van der Waals surface area contributed by atoms with Crippen molar-refractivity contribution in [3.63, 3.8) is 0 Å². The molecular formula is C34H30ClIN2O2. The smallest absolute Gasteiger partial charge is 0.175 e. The summed E-state index contributed by atoms with van der Waals surface area (Å²) >= 11 is 8.31. The Bertz CT molecular complexity index is 1550. The zero-order valence-electron chi connectivity index (χ0n) is 22.2. The van der Waals surface area contributed by atoms with Gasteiger partial charge in [0.1, 0.15) is 6.61 Å². The number of ether oxygens (including phenoxy) is 2. The van der Waals surface area contributed by atoms with Crippen molar-refractivity contribution in [2.24, 2.45) is 10.9 Å². The summed E-state index contributed by atoms with van der Waals surface area (Å²) in [5.41, 5.74) is 6.86. The Morgan fingerprint density at radius 2 is 1.80 bits per heavy atom. The van der Waals surface area contributed by atoms with Crippen LogP contribution in [0.4, 0.5) is 11.4 Å². The number of hydrogen-bond acceptors (Lipinski definition) is 4. The Labute approximate surface area is 254 Å². The van der Waals surface area contributed by atoms with Gasteiger partial charge in [0, 0.05) is 22.8 Å². The van der Waals surface area contributed by atoms with Crippen molar-refractivity contribution < 1.29 is 9.47 Å². The predicted octanol–water partition coefficient (Wildman–Crippen LogP) is 9.50. The summed E-state index contributed by atoms with van der Waals surface area (Å²) in [6.07, 6.45) is 7.68. The molecule has 6 rings (SSSR count). The van der Waals surface area contributed by atoms with Crippen molar-refractivity contribution >= 4 is 51.8 Å². The highest BCUT2D eigenvalue weighted by molar-refractivity contribution is 14.1. The molecule has 0 saturated carbocycles. The van der Waals surface area contributed by atoms with Crippen molar-refractivity contribution in [2.45, 2.75) is 31.9 Å². The van der Waals surface area contributed by atoms with Gasteiger partial charge in [-0.2, -0.15) is 0 Å². The second-order valence-electron chi connectivity index (χ2n) is 10.1. The molecule has 6 heteroatoms. The molecule has 4 nitrogen and oxygen atoms in total. The largest absolute Gasteiger partial charge is 0.490 e. The van der Waals surface area contributed by atoms with E-state index in [1.807, 2.05) is 43.5 Å². The number of nitrogens with one attached hydrogen (secondary N) is 1. The molecule has 0 amide bonds. The number of fused-ring (bicyclic) bond motifs is 3. The first-order valence-electron chi connectivity index (χ1n) is 13.6. The van der Waals surface area contributed by atoms with Gasteiger partial charge in [-0.3, -0.25) is 4.99 Å². The Balaban J connectivity index is 1.17. The minimum absolute atomic E-state index is 0.281. The normalized spacial score (nSPS) is 19.2. The van der Waals surface area contributed by atoms with Crippen LogP contribution in [0.15, 0.2) is 102 Å². The number of hydrogen-bond donors (Lipinski definition) is 1. The van der Waals surface area contributed by atoms with Crippen LogP contribution in [0.2, 0.25) is 5.02 Å². The third kappa shape index (κ3) is 5.77. The molecule has 0 unspecified atom stereocenters. The Hall–Kier alpha value is -3.29. The molecule has 1 heterocycles. The summed E-state index contributed by atoms with van der Waals surface area (Å²) in [5.74, 6) is 2.45. The van der Waals surface area contributed by atoms with E-state index >= 15 is 0 Å². The van der Waals surface area contributed by atoms with Crippen LogP contribution in [0.1, 0.15) is 47.6 Å². The quantitative estimate of drug-likeness (QED) is 0.116. The monoisotopic (exact) mass is 660 g/mol. The maximum absolute atomic E-state index is 6.16. The average Bonchev–Trinajstić information content (AvgIpc) is 3.47. The molecule has 40 heavy (non-hydrogen) atoms. The molecule has 202 valence electrons. The lowest BCUT2D eigenvalue weighted by atomic mass is 9.77. The molecular weight excluding hydrogens is 631 g/mol. The first kappa shape index (κ1) is 26.9. The lowest BCUT2D eigenvalue weighted by Gasteiger charge is -2.37. The van der Waals surface area contributed by atoms with Gasteiger partial charge in [-0.05, 0) is 107 Å². The van der Waals surface area contributed by atoms with Crippen LogP contribution in [0, 0.1) is 9.49 Å². The number of para-hydroxylation sites is 1. The van der Waals surface area contributed by atoms with Gasteiger partial charge in [0.05, 0.1) is 21.9 Å². The number of aliphatic imine (C=N–C) groups is 1. The molecule has 0 fully saturated rings. The second kappa shape index (κ2) is 12.1. The molecule has 0 bridgehead atoms. The van der Waals surface area contributed by atoms with Gasteiger partial charge in [-0.15, -0.1) is 0 Å². The van der Waals surface area contributed by atoms with Gasteiger partial charge in [0.2, 0.25) is 0 Å². The maximum Gasteiger partial charge on any atom is 0.175 e. The minimum atomic E-state index is 0.281. The van der Waals surface area contributed by atoms with Crippen LogP contribution in [0.5, 0.6) is 11.5 Å². The van der Waals surface area contributed by atoms with Gasteiger partial charge < -0.3 is 14.8 Å². The first-order valence-corrected chi connectivity index (χ1v) is 15.0. The summed E-state index contributed by atoms with van der Waals surface area (Å²) in [5, 5.41) is 4.51. The maximum atomic E-state index is 6.16. The molecule has 1 N–H and O–H groups in total. The van der Waals surface area contributed by atoms with Gasteiger partial charge in [0.25, 0.3) is 0 Å². The van der Waals surface area contributed by atoms with Crippen molar-refractivity contribution in [3.8, 4) is 11.5 Å². The van der Waals surface area contributed by atoms with E-state index in [9.17, 15) is 0 Å². The van der Waals surface area contributed by atoms with Gasteiger partial charge in [0.15, 0.2) is 11.5 Å². The third-order valence-corrected chi connectivity index (χ3v) is 8.57. The van der Waals surface area contributed by atoms with Crippen LogP contribution >= 0.6 is 34.2 Å². The number of nitrogens with zero attached hydrogens (tertiary/aromatic N) is 1. The lowest BCUT2D eigenvalue weighted by Crippen LogP contribution is -2.28. The Morgan fingerprint density at radius 1 is 1.00 bits per heavy atom. The molecule has 3 atom stereocenters. The van der Waals surface area contributed by atoms with Crippen molar-refractivity contribution in [1.29, 1.82) is 0 Å². The molecule has 1 aliphatic carbocycles. The van der Waals surface area contributed by atoms with E-state index in [1.165, 1.54) is 16.8 Å². The summed E-state index contributed by atoms with van der Waals surface area (Å²) in [7, 11) is 0. The molecule has 2 aliphatic rings. The Morgan fingerprint density at radius 3 is 2.60 bits per heavy atom. The highest BCUT2D eigenvalue weighted by atomic mass is 127. The topological polar surface area (TPSA) is 42.8 Å². The minimum Gasteiger partial charge on any atom is -0.490 e. The van der Waals surface area contributed by atoms with Crippen molar-refractivity contribution in [1.82, 2.24) is 0 Å². The van der Waals surface area contributed by atoms with Crippen molar-refractivity contribution in [2.75, 3.05) is 11.9 Å².